The Morgan fingerprint density at radius 2 is 1.85 bits per heavy atom. The summed E-state index contributed by atoms with van der Waals surface area (Å²) in [6.45, 7) is 1.03. The first kappa shape index (κ1) is 14.5. The maximum Gasteiger partial charge on any atom is 0.231 e. The molecule has 1 heterocycles. The van der Waals surface area contributed by atoms with E-state index in [0.717, 1.165) is 19.4 Å². The molecule has 1 aliphatic rings. The molecule has 2 rings (SSSR count). The van der Waals surface area contributed by atoms with Gasteiger partial charge in [0.15, 0.2) is 0 Å². The van der Waals surface area contributed by atoms with Crippen molar-refractivity contribution in [1.82, 2.24) is 4.90 Å². The largest absolute Gasteiger partial charge is 0.370 e. The zero-order chi connectivity index (χ0) is 14.5. The average Bonchev–Trinajstić information content (AvgIpc) is 2.72. The van der Waals surface area contributed by atoms with Crippen LogP contribution in [0, 0.1) is 5.92 Å². The van der Waals surface area contributed by atoms with Crippen LogP contribution in [-0.4, -0.2) is 35.8 Å². The molecule has 2 unspecified atom stereocenters. The Bertz CT molecular complexity index is 451. The summed E-state index contributed by atoms with van der Waals surface area (Å²) in [6.07, 6.45) is 2.06. The van der Waals surface area contributed by atoms with Crippen molar-refractivity contribution in [2.24, 2.45) is 17.4 Å². The number of rotatable bonds is 6. The Kier molecular flexibility index (Phi) is 4.74. The lowest BCUT2D eigenvalue weighted by atomic mass is 9.91. The molecule has 108 valence electrons. The molecule has 1 aromatic carbocycles. The molecule has 20 heavy (non-hydrogen) atoms. The molecule has 0 aromatic heterocycles. The Morgan fingerprint density at radius 1 is 1.15 bits per heavy atom. The van der Waals surface area contributed by atoms with Crippen LogP contribution < -0.4 is 11.5 Å². The van der Waals surface area contributed by atoms with Crippen LogP contribution in [-0.2, 0) is 16.0 Å². The Hall–Kier alpha value is -1.88. The van der Waals surface area contributed by atoms with E-state index in [1.54, 1.807) is 0 Å². The summed E-state index contributed by atoms with van der Waals surface area (Å²) in [7, 11) is 0. The standard InChI is InChI=1S/C15H21N3O2/c16-14(19)9-12-6-7-18(10-15(17)20)13(12)8-11-4-2-1-3-5-11/h1-5,12-13H,6-10H2,(H2,16,19)(H2,17,20). The van der Waals surface area contributed by atoms with Crippen molar-refractivity contribution in [2.45, 2.75) is 25.3 Å². The summed E-state index contributed by atoms with van der Waals surface area (Å²) >= 11 is 0. The van der Waals surface area contributed by atoms with E-state index in [1.807, 2.05) is 18.2 Å². The first-order chi connectivity index (χ1) is 9.56. The lowest BCUT2D eigenvalue weighted by Crippen LogP contribution is -2.41. The SMILES string of the molecule is NC(=O)CC1CCN(CC(N)=O)C1Cc1ccccc1. The van der Waals surface area contributed by atoms with Crippen LogP contribution in [0.4, 0.5) is 0 Å². The number of nitrogens with two attached hydrogens (primary N) is 2. The van der Waals surface area contributed by atoms with E-state index < -0.39 is 0 Å². The van der Waals surface area contributed by atoms with Gasteiger partial charge in [0.1, 0.15) is 0 Å². The second-order valence-corrected chi connectivity index (χ2v) is 5.41. The van der Waals surface area contributed by atoms with Crippen LogP contribution >= 0.6 is 0 Å². The molecule has 2 atom stereocenters. The van der Waals surface area contributed by atoms with Crippen LogP contribution in [0.1, 0.15) is 18.4 Å². The lowest BCUT2D eigenvalue weighted by Gasteiger charge is -2.27. The maximum absolute atomic E-state index is 11.2. The number of hydrogen-bond acceptors (Lipinski definition) is 3. The van der Waals surface area contributed by atoms with Gasteiger partial charge in [0.25, 0.3) is 0 Å². The van der Waals surface area contributed by atoms with Gasteiger partial charge in [0, 0.05) is 12.5 Å². The zero-order valence-electron chi connectivity index (χ0n) is 11.5. The van der Waals surface area contributed by atoms with Gasteiger partial charge in [-0.15, -0.1) is 0 Å². The predicted octanol–water partition coefficient (Wildman–Crippen LogP) is 0.280. The quantitative estimate of drug-likeness (QED) is 0.781. The highest BCUT2D eigenvalue weighted by Crippen LogP contribution is 2.29. The van der Waals surface area contributed by atoms with Gasteiger partial charge in [0.05, 0.1) is 6.54 Å². The highest BCUT2D eigenvalue weighted by atomic mass is 16.1. The summed E-state index contributed by atoms with van der Waals surface area (Å²) < 4.78 is 0. The van der Waals surface area contributed by atoms with Crippen LogP contribution in [0.5, 0.6) is 0 Å². The second-order valence-electron chi connectivity index (χ2n) is 5.41. The van der Waals surface area contributed by atoms with Crippen LogP contribution in [0.15, 0.2) is 30.3 Å². The van der Waals surface area contributed by atoms with Gasteiger partial charge in [0.2, 0.25) is 11.8 Å². The molecule has 5 nitrogen and oxygen atoms in total. The van der Waals surface area contributed by atoms with Gasteiger partial charge in [-0.25, -0.2) is 0 Å². The normalized spacial score (nSPS) is 22.8. The number of amides is 2. The number of likely N-dealkylation sites (tertiary alicyclic amines) is 1. The van der Waals surface area contributed by atoms with Crippen molar-refractivity contribution in [3.8, 4) is 0 Å². The topological polar surface area (TPSA) is 89.4 Å². The fraction of sp³-hybridized carbons (Fsp3) is 0.467. The van der Waals surface area contributed by atoms with Crippen molar-refractivity contribution in [3.63, 3.8) is 0 Å². The molecule has 0 bridgehead atoms. The maximum atomic E-state index is 11.2. The van der Waals surface area contributed by atoms with Gasteiger partial charge < -0.3 is 11.5 Å². The fourth-order valence-electron chi connectivity index (χ4n) is 3.03. The number of carbonyl (C=O) groups excluding carboxylic acids is 2. The summed E-state index contributed by atoms with van der Waals surface area (Å²) in [5.41, 5.74) is 11.8. The monoisotopic (exact) mass is 275 g/mol. The molecule has 0 spiro atoms. The van der Waals surface area contributed by atoms with Gasteiger partial charge in [-0.1, -0.05) is 30.3 Å². The number of benzene rings is 1. The molecule has 1 fully saturated rings. The minimum absolute atomic E-state index is 0.150. The van der Waals surface area contributed by atoms with Gasteiger partial charge in [-0.3, -0.25) is 14.5 Å². The minimum atomic E-state index is -0.331. The Morgan fingerprint density at radius 3 is 2.45 bits per heavy atom. The second kappa shape index (κ2) is 6.52. The third-order valence-electron chi connectivity index (χ3n) is 3.91. The minimum Gasteiger partial charge on any atom is -0.370 e. The summed E-state index contributed by atoms with van der Waals surface area (Å²) in [5.74, 6) is -0.413. The number of hydrogen-bond donors (Lipinski definition) is 2. The smallest absolute Gasteiger partial charge is 0.231 e. The Balaban J connectivity index is 2.11. The average molecular weight is 275 g/mol. The number of carbonyl (C=O) groups is 2. The van der Waals surface area contributed by atoms with Crippen LogP contribution in [0.3, 0.4) is 0 Å². The highest BCUT2D eigenvalue weighted by Gasteiger charge is 2.35. The van der Waals surface area contributed by atoms with E-state index in [4.69, 9.17) is 11.5 Å². The lowest BCUT2D eigenvalue weighted by molar-refractivity contribution is -0.119. The molecule has 5 heteroatoms. The third kappa shape index (κ3) is 3.81. The van der Waals surface area contributed by atoms with E-state index in [0.29, 0.717) is 6.42 Å². The highest BCUT2D eigenvalue weighted by molar-refractivity contribution is 5.76. The molecule has 0 saturated carbocycles. The van der Waals surface area contributed by atoms with Crippen molar-refractivity contribution >= 4 is 11.8 Å². The molecule has 0 radical (unpaired) electrons. The van der Waals surface area contributed by atoms with Crippen LogP contribution in [0.2, 0.25) is 0 Å². The van der Waals surface area contributed by atoms with Crippen molar-refractivity contribution < 1.29 is 9.59 Å². The Labute approximate surface area is 118 Å². The van der Waals surface area contributed by atoms with Gasteiger partial charge >= 0.3 is 0 Å². The van der Waals surface area contributed by atoms with Crippen molar-refractivity contribution in [1.29, 1.82) is 0 Å². The van der Waals surface area contributed by atoms with E-state index in [-0.39, 0.29) is 30.3 Å². The molecule has 1 saturated heterocycles. The molecule has 4 N–H and O–H groups in total. The molecule has 0 aliphatic carbocycles. The van der Waals surface area contributed by atoms with E-state index in [9.17, 15) is 9.59 Å². The summed E-state index contributed by atoms with van der Waals surface area (Å²) in [5, 5.41) is 0. The number of primary amides is 2. The van der Waals surface area contributed by atoms with Crippen molar-refractivity contribution in [2.75, 3.05) is 13.1 Å². The van der Waals surface area contributed by atoms with Crippen LogP contribution in [0.25, 0.3) is 0 Å². The summed E-state index contributed by atoms with van der Waals surface area (Å²) in [4.78, 5) is 24.4. The van der Waals surface area contributed by atoms with E-state index >= 15 is 0 Å². The summed E-state index contributed by atoms with van der Waals surface area (Å²) in [6, 6.07) is 10.2. The molecule has 2 amide bonds. The van der Waals surface area contributed by atoms with E-state index in [1.165, 1.54) is 5.56 Å². The van der Waals surface area contributed by atoms with Gasteiger partial charge in [-0.2, -0.15) is 0 Å². The fourth-order valence-corrected chi connectivity index (χ4v) is 3.03. The molecular formula is C15H21N3O2. The molecule has 1 aliphatic heterocycles. The first-order valence-electron chi connectivity index (χ1n) is 6.91. The predicted molar refractivity (Wildman–Crippen MR) is 76.6 cm³/mol. The van der Waals surface area contributed by atoms with Crippen molar-refractivity contribution in [3.05, 3.63) is 35.9 Å². The first-order valence-corrected chi connectivity index (χ1v) is 6.91. The van der Waals surface area contributed by atoms with Gasteiger partial charge in [-0.05, 0) is 30.9 Å². The zero-order valence-corrected chi connectivity index (χ0v) is 11.5. The molecular weight excluding hydrogens is 254 g/mol. The number of nitrogens with zero attached hydrogens (tertiary/aromatic N) is 1. The third-order valence-corrected chi connectivity index (χ3v) is 3.91. The van der Waals surface area contributed by atoms with E-state index in [2.05, 4.69) is 17.0 Å². The molecule has 1 aromatic rings.